The summed E-state index contributed by atoms with van der Waals surface area (Å²) in [6.07, 6.45) is -1.07. The predicted molar refractivity (Wildman–Crippen MR) is 61.5 cm³/mol. The summed E-state index contributed by atoms with van der Waals surface area (Å²) in [7, 11) is -3.50. The minimum absolute atomic E-state index is 0.0903. The van der Waals surface area contributed by atoms with Crippen LogP contribution in [0.15, 0.2) is 29.2 Å². The monoisotopic (exact) mass is 258 g/mol. The molecule has 0 spiro atoms. The first-order chi connectivity index (χ1) is 7.81. The molecule has 0 aliphatic heterocycles. The number of aliphatic hydroxyl groups is 1. The van der Waals surface area contributed by atoms with E-state index in [4.69, 9.17) is 10.2 Å². The number of hydrogen-bond acceptors (Lipinski definition) is 4. The Kier molecular flexibility index (Phi) is 4.25. The first-order valence-corrected chi connectivity index (χ1v) is 6.68. The number of carboxylic acids is 1. The van der Waals surface area contributed by atoms with Gasteiger partial charge in [0.2, 0.25) is 0 Å². The van der Waals surface area contributed by atoms with Crippen LogP contribution < -0.4 is 0 Å². The first kappa shape index (κ1) is 13.7. The number of sulfone groups is 1. The zero-order chi connectivity index (χ0) is 13.1. The molecule has 1 atom stereocenters. The zero-order valence-electron chi connectivity index (χ0n) is 9.33. The Bertz CT molecular complexity index is 487. The second-order valence-electron chi connectivity index (χ2n) is 3.84. The van der Waals surface area contributed by atoms with Crippen LogP contribution in [-0.4, -0.2) is 36.5 Å². The Morgan fingerprint density at radius 1 is 1.29 bits per heavy atom. The lowest BCUT2D eigenvalue weighted by Crippen LogP contribution is -2.17. The number of carbonyl (C=O) groups is 1. The van der Waals surface area contributed by atoms with E-state index in [9.17, 15) is 13.2 Å². The van der Waals surface area contributed by atoms with Crippen molar-refractivity contribution in [2.75, 3.05) is 5.75 Å². The topological polar surface area (TPSA) is 91.7 Å². The Balaban J connectivity index is 2.91. The second-order valence-corrected chi connectivity index (χ2v) is 5.88. The molecule has 0 fully saturated rings. The largest absolute Gasteiger partial charge is 0.481 e. The maximum absolute atomic E-state index is 11.7. The van der Waals surface area contributed by atoms with Crippen molar-refractivity contribution in [1.82, 2.24) is 0 Å². The first-order valence-electron chi connectivity index (χ1n) is 5.03. The molecule has 0 bridgehead atoms. The molecule has 0 saturated carbocycles. The number of aliphatic carboxylic acids is 1. The van der Waals surface area contributed by atoms with Gasteiger partial charge < -0.3 is 10.2 Å². The summed E-state index contributed by atoms with van der Waals surface area (Å²) in [6, 6.07) is 5.64. The van der Waals surface area contributed by atoms with Crippen molar-refractivity contribution in [3.63, 3.8) is 0 Å². The summed E-state index contributed by atoms with van der Waals surface area (Å²) < 4.78 is 23.4. The maximum Gasteiger partial charge on any atom is 0.307 e. The van der Waals surface area contributed by atoms with E-state index in [1.165, 1.54) is 31.2 Å². The molecule has 0 heterocycles. The summed E-state index contributed by atoms with van der Waals surface area (Å²) in [5.41, 5.74) is 0.536. The van der Waals surface area contributed by atoms with Gasteiger partial charge in [-0.25, -0.2) is 8.42 Å². The van der Waals surface area contributed by atoms with Crippen molar-refractivity contribution >= 4 is 15.8 Å². The number of hydrogen-bond donors (Lipinski definition) is 2. The third kappa shape index (κ3) is 4.16. The normalized spacial score (nSPS) is 13.3. The fourth-order valence-electron chi connectivity index (χ4n) is 1.40. The summed E-state index contributed by atoms with van der Waals surface area (Å²) >= 11 is 0. The molecular weight excluding hydrogens is 244 g/mol. The highest BCUT2D eigenvalue weighted by atomic mass is 32.2. The molecule has 1 aromatic carbocycles. The van der Waals surface area contributed by atoms with Crippen LogP contribution in [0.5, 0.6) is 0 Å². The van der Waals surface area contributed by atoms with Gasteiger partial charge in [0.1, 0.15) is 0 Å². The highest BCUT2D eigenvalue weighted by Gasteiger charge is 2.17. The van der Waals surface area contributed by atoms with Gasteiger partial charge >= 0.3 is 5.97 Å². The molecule has 0 aliphatic carbocycles. The third-order valence-corrected chi connectivity index (χ3v) is 4.01. The highest BCUT2D eigenvalue weighted by Crippen LogP contribution is 2.13. The molecule has 5 nitrogen and oxygen atoms in total. The lowest BCUT2D eigenvalue weighted by atomic mass is 10.2. The fourth-order valence-corrected chi connectivity index (χ4v) is 2.78. The van der Waals surface area contributed by atoms with Crippen molar-refractivity contribution in [3.05, 3.63) is 29.8 Å². The number of carboxylic acid groups (broad SMARTS) is 1. The van der Waals surface area contributed by atoms with E-state index < -0.39 is 21.9 Å². The van der Waals surface area contributed by atoms with Crippen LogP contribution in [0, 0.1) is 0 Å². The van der Waals surface area contributed by atoms with Crippen molar-refractivity contribution in [2.24, 2.45) is 0 Å². The average molecular weight is 258 g/mol. The minimum Gasteiger partial charge on any atom is -0.481 e. The molecule has 1 rings (SSSR count). The molecule has 0 amide bonds. The average Bonchev–Trinajstić information content (AvgIpc) is 2.15. The fraction of sp³-hybridized carbons (Fsp3) is 0.364. The van der Waals surface area contributed by atoms with E-state index in [1.54, 1.807) is 0 Å². The van der Waals surface area contributed by atoms with E-state index in [2.05, 4.69) is 0 Å². The molecule has 0 aliphatic rings. The van der Waals surface area contributed by atoms with Crippen LogP contribution in [0.3, 0.4) is 0 Å². The standard InChI is InChI=1S/C11H14O5S/c1-8(12)7-17(15,16)10-4-2-9(3-5-10)6-11(13)14/h2-5,8,12H,6-7H2,1H3,(H,13,14). The van der Waals surface area contributed by atoms with Gasteiger partial charge in [-0.1, -0.05) is 12.1 Å². The van der Waals surface area contributed by atoms with Gasteiger partial charge in [0.25, 0.3) is 0 Å². The van der Waals surface area contributed by atoms with Crippen molar-refractivity contribution < 1.29 is 23.4 Å². The molecule has 0 saturated heterocycles. The molecule has 6 heteroatoms. The van der Waals surface area contributed by atoms with Crippen LogP contribution in [0.4, 0.5) is 0 Å². The Morgan fingerprint density at radius 2 is 1.82 bits per heavy atom. The van der Waals surface area contributed by atoms with Gasteiger partial charge in [0.05, 0.1) is 23.2 Å². The molecule has 17 heavy (non-hydrogen) atoms. The minimum atomic E-state index is -3.50. The van der Waals surface area contributed by atoms with Gasteiger partial charge in [-0.3, -0.25) is 4.79 Å². The van der Waals surface area contributed by atoms with Crippen molar-refractivity contribution in [3.8, 4) is 0 Å². The van der Waals surface area contributed by atoms with E-state index >= 15 is 0 Å². The highest BCUT2D eigenvalue weighted by molar-refractivity contribution is 7.91. The van der Waals surface area contributed by atoms with Crippen LogP contribution in [0.1, 0.15) is 12.5 Å². The molecule has 0 aromatic heterocycles. The summed E-state index contributed by atoms with van der Waals surface area (Å²) in [6.45, 7) is 1.40. The van der Waals surface area contributed by atoms with Crippen LogP contribution in [-0.2, 0) is 21.1 Å². The second kappa shape index (κ2) is 5.29. The van der Waals surface area contributed by atoms with Gasteiger partial charge in [-0.15, -0.1) is 0 Å². The van der Waals surface area contributed by atoms with Gasteiger partial charge in [0, 0.05) is 0 Å². The predicted octanol–water partition coefficient (Wildman–Crippen LogP) is 0.468. The van der Waals surface area contributed by atoms with E-state index in [1.807, 2.05) is 0 Å². The molecule has 94 valence electrons. The Hall–Kier alpha value is -1.40. The summed E-state index contributed by atoms with van der Waals surface area (Å²) in [4.78, 5) is 10.5. The Morgan fingerprint density at radius 3 is 2.24 bits per heavy atom. The van der Waals surface area contributed by atoms with Crippen molar-refractivity contribution in [1.29, 1.82) is 0 Å². The quantitative estimate of drug-likeness (QED) is 0.801. The lowest BCUT2D eigenvalue weighted by molar-refractivity contribution is -0.136. The van der Waals surface area contributed by atoms with E-state index in [0.29, 0.717) is 5.56 Å². The van der Waals surface area contributed by atoms with Crippen LogP contribution in [0.25, 0.3) is 0 Å². The van der Waals surface area contributed by atoms with Gasteiger partial charge in [-0.2, -0.15) is 0 Å². The molecule has 1 unspecified atom stereocenters. The van der Waals surface area contributed by atoms with Gasteiger partial charge in [0.15, 0.2) is 9.84 Å². The molecule has 2 N–H and O–H groups in total. The molecule has 1 aromatic rings. The SMILES string of the molecule is CC(O)CS(=O)(=O)c1ccc(CC(=O)O)cc1. The van der Waals surface area contributed by atoms with Crippen LogP contribution in [0.2, 0.25) is 0 Å². The number of aliphatic hydroxyl groups excluding tert-OH is 1. The summed E-state index contributed by atoms with van der Waals surface area (Å²) in [5, 5.41) is 17.6. The smallest absolute Gasteiger partial charge is 0.307 e. The molecule has 0 radical (unpaired) electrons. The number of rotatable bonds is 5. The van der Waals surface area contributed by atoms with E-state index in [-0.39, 0.29) is 17.1 Å². The number of benzene rings is 1. The maximum atomic E-state index is 11.7. The van der Waals surface area contributed by atoms with Crippen LogP contribution >= 0.6 is 0 Å². The van der Waals surface area contributed by atoms with Crippen molar-refractivity contribution in [2.45, 2.75) is 24.3 Å². The summed E-state index contributed by atoms with van der Waals surface area (Å²) in [5.74, 6) is -1.31. The van der Waals surface area contributed by atoms with Gasteiger partial charge in [-0.05, 0) is 24.6 Å². The Labute approximate surface area is 99.6 Å². The lowest BCUT2D eigenvalue weighted by Gasteiger charge is -2.07. The van der Waals surface area contributed by atoms with E-state index in [0.717, 1.165) is 0 Å². The zero-order valence-corrected chi connectivity index (χ0v) is 10.1. The third-order valence-electron chi connectivity index (χ3n) is 2.10. The molecular formula is C11H14O5S.